The monoisotopic (exact) mass is 245 g/mol. The van der Waals surface area contributed by atoms with Crippen LogP contribution in [-0.4, -0.2) is 11.0 Å². The molecule has 0 saturated heterocycles. The number of hydrogen-bond donors (Lipinski definition) is 2. The van der Waals surface area contributed by atoms with E-state index < -0.39 is 0 Å². The largest absolute Gasteiger partial charge is 0.506 e. The molecule has 1 aromatic carbocycles. The molecule has 2 rings (SSSR count). The van der Waals surface area contributed by atoms with Crippen LogP contribution in [0.25, 0.3) is 0 Å². The second-order valence-corrected chi connectivity index (χ2v) is 4.30. The zero-order valence-corrected chi connectivity index (χ0v) is 10.6. The average Bonchev–Trinajstić information content (AvgIpc) is 2.62. The standard InChI is InChI=1S/C14H15NO3/c1-8-4-5-12(13(16)6-8)15-14(17)11-7-9(2)18-10(11)3/h4-7,16H,1-3H3,(H,15,17). The fourth-order valence-corrected chi connectivity index (χ4v) is 1.79. The first-order valence-electron chi connectivity index (χ1n) is 5.65. The number of anilines is 1. The summed E-state index contributed by atoms with van der Waals surface area (Å²) in [4.78, 5) is 12.0. The van der Waals surface area contributed by atoms with Crippen molar-refractivity contribution in [3.05, 3.63) is 46.9 Å². The molecule has 0 fully saturated rings. The van der Waals surface area contributed by atoms with Crippen molar-refractivity contribution in [2.24, 2.45) is 0 Å². The van der Waals surface area contributed by atoms with Gasteiger partial charge in [0, 0.05) is 0 Å². The molecule has 94 valence electrons. The Labute approximate surface area is 105 Å². The minimum atomic E-state index is -0.288. The third-order valence-electron chi connectivity index (χ3n) is 2.69. The van der Waals surface area contributed by atoms with Crippen LogP contribution in [0.2, 0.25) is 0 Å². The van der Waals surface area contributed by atoms with Crippen molar-refractivity contribution in [2.45, 2.75) is 20.8 Å². The van der Waals surface area contributed by atoms with E-state index in [9.17, 15) is 9.90 Å². The number of benzene rings is 1. The Morgan fingerprint density at radius 2 is 1.94 bits per heavy atom. The number of aryl methyl sites for hydroxylation is 3. The zero-order valence-electron chi connectivity index (χ0n) is 10.6. The molecular weight excluding hydrogens is 230 g/mol. The zero-order chi connectivity index (χ0) is 13.3. The number of hydrogen-bond acceptors (Lipinski definition) is 3. The summed E-state index contributed by atoms with van der Waals surface area (Å²) < 4.78 is 5.30. The third-order valence-corrected chi connectivity index (χ3v) is 2.69. The van der Waals surface area contributed by atoms with E-state index in [0.29, 0.717) is 22.8 Å². The van der Waals surface area contributed by atoms with Crippen LogP contribution in [0.15, 0.2) is 28.7 Å². The van der Waals surface area contributed by atoms with Crippen LogP contribution < -0.4 is 5.32 Å². The van der Waals surface area contributed by atoms with Gasteiger partial charge in [0.2, 0.25) is 0 Å². The van der Waals surface area contributed by atoms with E-state index in [4.69, 9.17) is 4.42 Å². The number of aromatic hydroxyl groups is 1. The Hall–Kier alpha value is -2.23. The Morgan fingerprint density at radius 1 is 1.22 bits per heavy atom. The number of phenolic OH excluding ortho intramolecular Hbond substituents is 1. The molecular formula is C14H15NO3. The SMILES string of the molecule is Cc1ccc(NC(=O)c2cc(C)oc2C)c(O)c1. The highest BCUT2D eigenvalue weighted by molar-refractivity contribution is 6.05. The molecule has 0 aliphatic heterocycles. The van der Waals surface area contributed by atoms with Crippen molar-refractivity contribution in [3.8, 4) is 5.75 Å². The van der Waals surface area contributed by atoms with Gasteiger partial charge in [0.1, 0.15) is 17.3 Å². The summed E-state index contributed by atoms with van der Waals surface area (Å²) in [6, 6.07) is 6.77. The van der Waals surface area contributed by atoms with Gasteiger partial charge in [-0.15, -0.1) is 0 Å². The highest BCUT2D eigenvalue weighted by Crippen LogP contribution is 2.25. The van der Waals surface area contributed by atoms with Crippen molar-refractivity contribution in [2.75, 3.05) is 5.32 Å². The lowest BCUT2D eigenvalue weighted by atomic mass is 10.2. The summed E-state index contributed by atoms with van der Waals surface area (Å²) in [5.41, 5.74) is 1.80. The van der Waals surface area contributed by atoms with Gasteiger partial charge in [-0.05, 0) is 44.5 Å². The Morgan fingerprint density at radius 3 is 2.50 bits per heavy atom. The predicted molar refractivity (Wildman–Crippen MR) is 69.0 cm³/mol. The predicted octanol–water partition coefficient (Wildman–Crippen LogP) is 3.16. The fraction of sp³-hybridized carbons (Fsp3) is 0.214. The summed E-state index contributed by atoms with van der Waals surface area (Å²) in [6.45, 7) is 5.39. The number of furan rings is 1. The smallest absolute Gasteiger partial charge is 0.259 e. The van der Waals surface area contributed by atoms with Gasteiger partial charge in [-0.25, -0.2) is 0 Å². The van der Waals surface area contributed by atoms with E-state index in [1.165, 1.54) is 0 Å². The quantitative estimate of drug-likeness (QED) is 0.799. The van der Waals surface area contributed by atoms with Crippen LogP contribution in [0, 0.1) is 20.8 Å². The Balaban J connectivity index is 2.24. The van der Waals surface area contributed by atoms with Crippen LogP contribution in [-0.2, 0) is 0 Å². The number of rotatable bonds is 2. The first-order valence-corrected chi connectivity index (χ1v) is 5.65. The molecule has 0 aliphatic rings. The van der Waals surface area contributed by atoms with Gasteiger partial charge < -0.3 is 14.8 Å². The molecule has 1 amide bonds. The van der Waals surface area contributed by atoms with Crippen molar-refractivity contribution in [1.82, 2.24) is 0 Å². The van der Waals surface area contributed by atoms with Crippen molar-refractivity contribution >= 4 is 11.6 Å². The van der Waals surface area contributed by atoms with Gasteiger partial charge in [-0.3, -0.25) is 4.79 Å². The topological polar surface area (TPSA) is 62.5 Å². The highest BCUT2D eigenvalue weighted by Gasteiger charge is 2.14. The molecule has 0 spiro atoms. The van der Waals surface area contributed by atoms with Gasteiger partial charge in [0.05, 0.1) is 11.3 Å². The molecule has 4 heteroatoms. The lowest BCUT2D eigenvalue weighted by Gasteiger charge is -2.07. The summed E-state index contributed by atoms with van der Waals surface area (Å²) >= 11 is 0. The number of carbonyl (C=O) groups excluding carboxylic acids is 1. The van der Waals surface area contributed by atoms with Gasteiger partial charge in [0.25, 0.3) is 5.91 Å². The van der Waals surface area contributed by atoms with Crippen molar-refractivity contribution in [1.29, 1.82) is 0 Å². The number of amides is 1. The Bertz CT molecular complexity index is 599. The van der Waals surface area contributed by atoms with Crippen LogP contribution in [0.1, 0.15) is 27.4 Å². The fourth-order valence-electron chi connectivity index (χ4n) is 1.79. The molecule has 0 radical (unpaired) electrons. The van der Waals surface area contributed by atoms with Gasteiger partial charge in [-0.1, -0.05) is 6.07 Å². The van der Waals surface area contributed by atoms with E-state index in [2.05, 4.69) is 5.32 Å². The summed E-state index contributed by atoms with van der Waals surface area (Å²) in [7, 11) is 0. The van der Waals surface area contributed by atoms with Crippen LogP contribution >= 0.6 is 0 Å². The van der Waals surface area contributed by atoms with E-state index in [1.807, 2.05) is 13.0 Å². The molecule has 0 aliphatic carbocycles. The molecule has 4 nitrogen and oxygen atoms in total. The maximum Gasteiger partial charge on any atom is 0.259 e. The number of phenols is 1. The van der Waals surface area contributed by atoms with E-state index in [0.717, 1.165) is 5.56 Å². The van der Waals surface area contributed by atoms with Crippen LogP contribution in [0.4, 0.5) is 5.69 Å². The molecule has 2 aromatic rings. The van der Waals surface area contributed by atoms with Crippen LogP contribution in [0.3, 0.4) is 0 Å². The number of carbonyl (C=O) groups is 1. The normalized spacial score (nSPS) is 10.4. The second kappa shape index (κ2) is 4.56. The second-order valence-electron chi connectivity index (χ2n) is 4.30. The minimum Gasteiger partial charge on any atom is -0.506 e. The molecule has 0 bridgehead atoms. The lowest BCUT2D eigenvalue weighted by Crippen LogP contribution is -2.12. The average molecular weight is 245 g/mol. The van der Waals surface area contributed by atoms with Gasteiger partial charge in [0.15, 0.2) is 0 Å². The van der Waals surface area contributed by atoms with E-state index >= 15 is 0 Å². The maximum atomic E-state index is 12.0. The summed E-state index contributed by atoms with van der Waals surface area (Å²) in [6.07, 6.45) is 0. The minimum absolute atomic E-state index is 0.0567. The molecule has 1 heterocycles. The first-order chi connectivity index (χ1) is 8.47. The van der Waals surface area contributed by atoms with E-state index in [-0.39, 0.29) is 11.7 Å². The summed E-state index contributed by atoms with van der Waals surface area (Å²) in [5.74, 6) is 1.02. The summed E-state index contributed by atoms with van der Waals surface area (Å²) in [5, 5.41) is 12.4. The maximum absolute atomic E-state index is 12.0. The number of nitrogens with one attached hydrogen (secondary N) is 1. The molecule has 2 N–H and O–H groups in total. The molecule has 0 atom stereocenters. The van der Waals surface area contributed by atoms with Crippen molar-refractivity contribution in [3.63, 3.8) is 0 Å². The van der Waals surface area contributed by atoms with E-state index in [1.54, 1.807) is 32.0 Å². The molecule has 0 unspecified atom stereocenters. The molecule has 0 saturated carbocycles. The lowest BCUT2D eigenvalue weighted by molar-refractivity contribution is 0.102. The van der Waals surface area contributed by atoms with Gasteiger partial charge in [-0.2, -0.15) is 0 Å². The van der Waals surface area contributed by atoms with Crippen LogP contribution in [0.5, 0.6) is 5.75 Å². The molecule has 18 heavy (non-hydrogen) atoms. The van der Waals surface area contributed by atoms with Crippen molar-refractivity contribution < 1.29 is 14.3 Å². The highest BCUT2D eigenvalue weighted by atomic mass is 16.3. The third kappa shape index (κ3) is 2.37. The first kappa shape index (κ1) is 12.2. The van der Waals surface area contributed by atoms with Gasteiger partial charge >= 0.3 is 0 Å². The Kier molecular flexibility index (Phi) is 3.10. The molecule has 1 aromatic heterocycles.